The molecule has 0 amide bonds. The van der Waals surface area contributed by atoms with Crippen molar-refractivity contribution in [1.82, 2.24) is 9.55 Å². The summed E-state index contributed by atoms with van der Waals surface area (Å²) >= 11 is 0. The zero-order valence-corrected chi connectivity index (χ0v) is 19.0. The van der Waals surface area contributed by atoms with Gasteiger partial charge in [-0.1, -0.05) is 35.9 Å². The molecular formula is C26H26N4O3. The van der Waals surface area contributed by atoms with E-state index in [1.807, 2.05) is 57.2 Å². The van der Waals surface area contributed by atoms with Gasteiger partial charge < -0.3 is 15.7 Å². The lowest BCUT2D eigenvalue weighted by atomic mass is 10.0. The van der Waals surface area contributed by atoms with Crippen LogP contribution in [-0.2, 0) is 7.05 Å². The lowest BCUT2D eigenvalue weighted by molar-refractivity contribution is 0.0698. The Bertz CT molecular complexity index is 1410. The highest BCUT2D eigenvalue weighted by molar-refractivity contribution is 5.94. The molecule has 0 aliphatic carbocycles. The topological polar surface area (TPSA) is 96.2 Å². The molecule has 1 atom stereocenters. The minimum atomic E-state index is -1.00. The van der Waals surface area contributed by atoms with E-state index in [0.29, 0.717) is 22.5 Å². The van der Waals surface area contributed by atoms with Gasteiger partial charge in [0.1, 0.15) is 0 Å². The average Bonchev–Trinajstić information content (AvgIpc) is 2.79. The van der Waals surface area contributed by atoms with Crippen LogP contribution < -0.4 is 16.2 Å². The van der Waals surface area contributed by atoms with Gasteiger partial charge in [0.25, 0.3) is 5.56 Å². The highest BCUT2D eigenvalue weighted by Crippen LogP contribution is 2.28. The summed E-state index contributed by atoms with van der Waals surface area (Å²) in [5.41, 5.74) is 4.83. The summed E-state index contributed by atoms with van der Waals surface area (Å²) < 4.78 is 1.50. The molecule has 1 unspecified atom stereocenters. The van der Waals surface area contributed by atoms with Gasteiger partial charge in [-0.05, 0) is 56.7 Å². The maximum atomic E-state index is 13.2. The second kappa shape index (κ2) is 8.78. The lowest BCUT2D eigenvalue weighted by Gasteiger charge is -2.20. The molecule has 0 saturated heterocycles. The molecule has 0 radical (unpaired) electrons. The van der Waals surface area contributed by atoms with E-state index in [2.05, 4.69) is 10.6 Å². The van der Waals surface area contributed by atoms with Crippen LogP contribution in [-0.4, -0.2) is 20.6 Å². The standard InChI is InChI=1S/C26H26N4O3/c1-15-9-11-18(12-10-15)28-26-29-23-20(13-16(2)14-21(23)24(31)30(26)4)17(3)27-22-8-6-5-7-19(22)25(32)33/h5-14,17,27H,1-4H3,(H,28,29)(H,32,33). The van der Waals surface area contributed by atoms with Crippen LogP contribution in [0.1, 0.15) is 40.0 Å². The highest BCUT2D eigenvalue weighted by atomic mass is 16.4. The van der Waals surface area contributed by atoms with Gasteiger partial charge >= 0.3 is 5.97 Å². The number of para-hydroxylation sites is 1. The van der Waals surface area contributed by atoms with E-state index in [4.69, 9.17) is 4.98 Å². The molecule has 4 rings (SSSR count). The van der Waals surface area contributed by atoms with Crippen LogP contribution in [0.5, 0.6) is 0 Å². The second-order valence-corrected chi connectivity index (χ2v) is 8.26. The van der Waals surface area contributed by atoms with Gasteiger partial charge in [-0.25, -0.2) is 9.78 Å². The third-order valence-electron chi connectivity index (χ3n) is 5.66. The number of rotatable bonds is 6. The third-order valence-corrected chi connectivity index (χ3v) is 5.66. The molecule has 0 aliphatic rings. The average molecular weight is 443 g/mol. The number of carboxylic acid groups (broad SMARTS) is 1. The second-order valence-electron chi connectivity index (χ2n) is 8.26. The highest BCUT2D eigenvalue weighted by Gasteiger charge is 2.18. The quantitative estimate of drug-likeness (QED) is 0.381. The SMILES string of the molecule is Cc1ccc(Nc2nc3c(C(C)Nc4ccccc4C(=O)O)cc(C)cc3c(=O)n2C)cc1. The zero-order chi connectivity index (χ0) is 23.7. The Labute approximate surface area is 191 Å². The number of nitrogens with one attached hydrogen (secondary N) is 2. The van der Waals surface area contributed by atoms with E-state index in [-0.39, 0.29) is 17.2 Å². The molecule has 0 aliphatic heterocycles. The van der Waals surface area contributed by atoms with Crippen molar-refractivity contribution in [1.29, 1.82) is 0 Å². The maximum absolute atomic E-state index is 13.2. The largest absolute Gasteiger partial charge is 0.478 e. The van der Waals surface area contributed by atoms with Gasteiger partial charge in [0.15, 0.2) is 0 Å². The minimum Gasteiger partial charge on any atom is -0.478 e. The van der Waals surface area contributed by atoms with Crippen LogP contribution in [0.15, 0.2) is 65.5 Å². The molecule has 1 aromatic heterocycles. The predicted molar refractivity (Wildman–Crippen MR) is 132 cm³/mol. The first-order chi connectivity index (χ1) is 15.7. The Kier molecular flexibility index (Phi) is 5.87. The van der Waals surface area contributed by atoms with E-state index in [0.717, 1.165) is 22.4 Å². The molecule has 33 heavy (non-hydrogen) atoms. The number of hydrogen-bond acceptors (Lipinski definition) is 5. The summed E-state index contributed by atoms with van der Waals surface area (Å²) in [4.78, 5) is 29.6. The Morgan fingerprint density at radius 3 is 2.42 bits per heavy atom. The molecule has 0 spiro atoms. The molecule has 168 valence electrons. The van der Waals surface area contributed by atoms with Gasteiger partial charge in [-0.15, -0.1) is 0 Å². The van der Waals surface area contributed by atoms with Crippen LogP contribution in [0.3, 0.4) is 0 Å². The molecule has 4 aromatic rings. The monoisotopic (exact) mass is 442 g/mol. The molecule has 7 nitrogen and oxygen atoms in total. The number of anilines is 3. The number of aromatic nitrogens is 2. The first-order valence-corrected chi connectivity index (χ1v) is 10.7. The molecule has 0 saturated carbocycles. The van der Waals surface area contributed by atoms with Crippen molar-refractivity contribution < 1.29 is 9.90 Å². The van der Waals surface area contributed by atoms with E-state index in [1.165, 1.54) is 4.57 Å². The Balaban J connectivity index is 1.81. The van der Waals surface area contributed by atoms with Crippen molar-refractivity contribution in [2.75, 3.05) is 10.6 Å². The number of hydrogen-bond donors (Lipinski definition) is 3. The number of aryl methyl sites for hydroxylation is 2. The van der Waals surface area contributed by atoms with Gasteiger partial charge in [0.2, 0.25) is 5.95 Å². The van der Waals surface area contributed by atoms with Crippen molar-refractivity contribution in [2.24, 2.45) is 7.05 Å². The summed E-state index contributed by atoms with van der Waals surface area (Å²) in [5.74, 6) is -0.574. The van der Waals surface area contributed by atoms with Crippen LogP contribution >= 0.6 is 0 Å². The van der Waals surface area contributed by atoms with E-state index in [1.54, 1.807) is 31.3 Å². The fourth-order valence-electron chi connectivity index (χ4n) is 3.87. The van der Waals surface area contributed by atoms with Gasteiger partial charge in [-0.3, -0.25) is 9.36 Å². The van der Waals surface area contributed by atoms with Crippen LogP contribution in [0.25, 0.3) is 10.9 Å². The summed E-state index contributed by atoms with van der Waals surface area (Å²) in [5, 5.41) is 16.6. The first-order valence-electron chi connectivity index (χ1n) is 10.7. The minimum absolute atomic E-state index is 0.155. The Morgan fingerprint density at radius 2 is 1.73 bits per heavy atom. The Morgan fingerprint density at radius 1 is 1.03 bits per heavy atom. The predicted octanol–water partition coefficient (Wildman–Crippen LogP) is 5.17. The summed E-state index contributed by atoms with van der Waals surface area (Å²) in [6.07, 6.45) is 0. The molecule has 0 bridgehead atoms. The molecule has 0 fully saturated rings. The van der Waals surface area contributed by atoms with E-state index < -0.39 is 5.97 Å². The number of benzene rings is 3. The molecule has 3 aromatic carbocycles. The lowest BCUT2D eigenvalue weighted by Crippen LogP contribution is -2.22. The maximum Gasteiger partial charge on any atom is 0.337 e. The van der Waals surface area contributed by atoms with Crippen molar-refractivity contribution in [2.45, 2.75) is 26.8 Å². The van der Waals surface area contributed by atoms with Crippen LogP contribution in [0.2, 0.25) is 0 Å². The van der Waals surface area contributed by atoms with Crippen LogP contribution in [0, 0.1) is 13.8 Å². The smallest absolute Gasteiger partial charge is 0.337 e. The number of aromatic carboxylic acids is 1. The number of nitrogens with zero attached hydrogens (tertiary/aromatic N) is 2. The molecule has 7 heteroatoms. The van der Waals surface area contributed by atoms with Crippen LogP contribution in [0.4, 0.5) is 17.3 Å². The number of fused-ring (bicyclic) bond motifs is 1. The van der Waals surface area contributed by atoms with Gasteiger partial charge in [-0.2, -0.15) is 0 Å². The fraction of sp³-hybridized carbons (Fsp3) is 0.192. The van der Waals surface area contributed by atoms with Gasteiger partial charge in [0, 0.05) is 24.0 Å². The Hall–Kier alpha value is -4.13. The van der Waals surface area contributed by atoms with Crippen molar-refractivity contribution in [3.05, 3.63) is 93.3 Å². The zero-order valence-electron chi connectivity index (χ0n) is 19.0. The fourth-order valence-corrected chi connectivity index (χ4v) is 3.87. The summed E-state index contributed by atoms with van der Waals surface area (Å²) in [7, 11) is 1.69. The summed E-state index contributed by atoms with van der Waals surface area (Å²) in [6, 6.07) is 18.1. The van der Waals surface area contributed by atoms with E-state index >= 15 is 0 Å². The molecule has 1 heterocycles. The molecular weight excluding hydrogens is 416 g/mol. The number of carbonyl (C=O) groups is 1. The van der Waals surface area contributed by atoms with Crippen molar-refractivity contribution in [3.63, 3.8) is 0 Å². The first kappa shape index (κ1) is 22.1. The van der Waals surface area contributed by atoms with E-state index in [9.17, 15) is 14.7 Å². The van der Waals surface area contributed by atoms with Crippen molar-refractivity contribution in [3.8, 4) is 0 Å². The number of carboxylic acids is 1. The third kappa shape index (κ3) is 4.43. The van der Waals surface area contributed by atoms with Gasteiger partial charge in [0.05, 0.1) is 22.5 Å². The molecule has 3 N–H and O–H groups in total. The van der Waals surface area contributed by atoms with Crippen molar-refractivity contribution >= 4 is 34.2 Å². The normalized spacial score (nSPS) is 11.9. The summed E-state index contributed by atoms with van der Waals surface area (Å²) in [6.45, 7) is 5.87.